The van der Waals surface area contributed by atoms with E-state index >= 15 is 0 Å². The van der Waals surface area contributed by atoms with Gasteiger partial charge in [0.1, 0.15) is 11.6 Å². The van der Waals surface area contributed by atoms with E-state index in [-0.39, 0.29) is 0 Å². The van der Waals surface area contributed by atoms with Crippen LogP contribution >= 0.6 is 0 Å². The number of piperidine rings is 1. The van der Waals surface area contributed by atoms with E-state index in [1.807, 2.05) is 20.8 Å². The molecule has 1 aliphatic heterocycles. The van der Waals surface area contributed by atoms with Crippen molar-refractivity contribution in [3.05, 3.63) is 0 Å². The summed E-state index contributed by atoms with van der Waals surface area (Å²) in [5.41, 5.74) is -0.991. The van der Waals surface area contributed by atoms with Crippen LogP contribution in [-0.2, 0) is 19.0 Å². The number of ether oxygens (including phenoxy) is 3. The highest BCUT2D eigenvalue weighted by Gasteiger charge is 2.69. The summed E-state index contributed by atoms with van der Waals surface area (Å²) in [5.74, 6) is -0.0994. The summed E-state index contributed by atoms with van der Waals surface area (Å²) in [5, 5.41) is 0. The van der Waals surface area contributed by atoms with Crippen LogP contribution in [0.5, 0.6) is 0 Å². The van der Waals surface area contributed by atoms with Crippen LogP contribution in [0, 0.1) is 5.92 Å². The molecule has 3 atom stereocenters. The van der Waals surface area contributed by atoms with Gasteiger partial charge in [0, 0.05) is 7.11 Å². The van der Waals surface area contributed by atoms with Crippen molar-refractivity contribution in [1.29, 1.82) is 0 Å². The van der Waals surface area contributed by atoms with Gasteiger partial charge in [0.2, 0.25) is 0 Å². The van der Waals surface area contributed by atoms with Gasteiger partial charge in [0.15, 0.2) is 0 Å². The van der Waals surface area contributed by atoms with Gasteiger partial charge in [-0.3, -0.25) is 4.90 Å². The minimum Gasteiger partial charge on any atom is -0.467 e. The third-order valence-electron chi connectivity index (χ3n) is 3.96. The molecule has 1 amide bonds. The lowest BCUT2D eigenvalue weighted by Gasteiger charge is -2.34. The summed E-state index contributed by atoms with van der Waals surface area (Å²) in [6.07, 6.45) is 1.01. The van der Waals surface area contributed by atoms with Crippen molar-refractivity contribution in [1.82, 2.24) is 4.90 Å². The van der Waals surface area contributed by atoms with Crippen molar-refractivity contribution in [2.75, 3.05) is 20.8 Å². The average Bonchev–Trinajstić information content (AvgIpc) is 2.90. The van der Waals surface area contributed by atoms with E-state index in [4.69, 9.17) is 14.2 Å². The highest BCUT2D eigenvalue weighted by Crippen LogP contribution is 2.58. The molecule has 2 aliphatic rings. The molecule has 0 bridgehead atoms. The fraction of sp³-hybridized carbons (Fsp3) is 0.857. The number of methoxy groups -OCH3 is 2. The quantitative estimate of drug-likeness (QED) is 0.736. The maximum atomic E-state index is 12.4. The van der Waals surface area contributed by atoms with Crippen LogP contribution in [0.1, 0.15) is 33.6 Å². The van der Waals surface area contributed by atoms with Gasteiger partial charge >= 0.3 is 12.1 Å². The zero-order valence-electron chi connectivity index (χ0n) is 12.8. The number of amides is 1. The molecule has 0 N–H and O–H groups in total. The lowest BCUT2D eigenvalue weighted by Crippen LogP contribution is -2.52. The van der Waals surface area contributed by atoms with Crippen molar-refractivity contribution in [3.63, 3.8) is 0 Å². The molecule has 2 fully saturated rings. The molecule has 1 saturated carbocycles. The molecule has 0 aromatic heterocycles. The van der Waals surface area contributed by atoms with Crippen molar-refractivity contribution >= 4 is 12.1 Å². The van der Waals surface area contributed by atoms with Crippen molar-refractivity contribution in [3.8, 4) is 0 Å². The topological polar surface area (TPSA) is 65.1 Å². The van der Waals surface area contributed by atoms with Gasteiger partial charge in [0.25, 0.3) is 0 Å². The third-order valence-corrected chi connectivity index (χ3v) is 3.96. The Bertz CT molecular complexity index is 416. The van der Waals surface area contributed by atoms with E-state index in [0.29, 0.717) is 18.9 Å². The molecule has 1 heterocycles. The second-order valence-electron chi connectivity index (χ2n) is 6.56. The first kappa shape index (κ1) is 15.1. The third kappa shape index (κ3) is 2.49. The van der Waals surface area contributed by atoms with Gasteiger partial charge in [-0.05, 0) is 39.5 Å². The zero-order valence-corrected chi connectivity index (χ0v) is 12.8. The Morgan fingerprint density at radius 3 is 2.45 bits per heavy atom. The maximum Gasteiger partial charge on any atom is 0.411 e. The Morgan fingerprint density at radius 1 is 1.30 bits per heavy atom. The molecule has 114 valence electrons. The standard InChI is InChI=1S/C14H23NO5/c1-13(2,3)20-12(17)15-10(11(16)19-5)6-9-7-14(9,15)8-18-4/h9-10H,6-8H2,1-5H3/t9?,10-,14?/m0/s1. The predicted molar refractivity (Wildman–Crippen MR) is 71.2 cm³/mol. The minimum absolute atomic E-state index is 0.291. The Hall–Kier alpha value is -1.30. The van der Waals surface area contributed by atoms with E-state index in [9.17, 15) is 9.59 Å². The van der Waals surface area contributed by atoms with E-state index in [0.717, 1.165) is 6.42 Å². The summed E-state index contributed by atoms with van der Waals surface area (Å²) in [6, 6.07) is -0.566. The SMILES string of the molecule is COCC12CC1C[C@@H](C(=O)OC)N2C(=O)OC(C)(C)C. The number of carbonyl (C=O) groups excluding carboxylic acids is 2. The van der Waals surface area contributed by atoms with E-state index < -0.39 is 29.2 Å². The largest absolute Gasteiger partial charge is 0.467 e. The first-order chi connectivity index (χ1) is 9.25. The van der Waals surface area contributed by atoms with Crippen LogP contribution in [0.4, 0.5) is 4.79 Å². The van der Waals surface area contributed by atoms with Crippen LogP contribution in [0.2, 0.25) is 0 Å². The Balaban J connectivity index is 2.22. The molecule has 0 spiro atoms. The number of hydrogen-bond donors (Lipinski definition) is 0. The van der Waals surface area contributed by atoms with Gasteiger partial charge in [-0.2, -0.15) is 0 Å². The number of hydrogen-bond acceptors (Lipinski definition) is 5. The molecule has 0 radical (unpaired) electrons. The van der Waals surface area contributed by atoms with Gasteiger partial charge in [-0.25, -0.2) is 9.59 Å². The van der Waals surface area contributed by atoms with Gasteiger partial charge in [0.05, 0.1) is 19.3 Å². The van der Waals surface area contributed by atoms with Crippen LogP contribution in [0.3, 0.4) is 0 Å². The molecular formula is C14H23NO5. The Kier molecular flexibility index (Phi) is 3.71. The number of rotatable bonds is 3. The summed E-state index contributed by atoms with van der Waals surface area (Å²) in [6.45, 7) is 5.84. The molecule has 2 unspecified atom stereocenters. The van der Waals surface area contributed by atoms with Gasteiger partial charge in [-0.15, -0.1) is 0 Å². The average molecular weight is 285 g/mol. The van der Waals surface area contributed by atoms with Gasteiger partial charge < -0.3 is 14.2 Å². The van der Waals surface area contributed by atoms with E-state index in [2.05, 4.69) is 0 Å². The summed E-state index contributed by atoms with van der Waals surface area (Å²) >= 11 is 0. The van der Waals surface area contributed by atoms with Crippen LogP contribution in [0.25, 0.3) is 0 Å². The molecule has 2 rings (SSSR count). The van der Waals surface area contributed by atoms with E-state index in [1.54, 1.807) is 7.11 Å². The smallest absolute Gasteiger partial charge is 0.411 e. The number of esters is 1. The molecule has 0 aromatic rings. The molecule has 6 nitrogen and oxygen atoms in total. The number of nitrogens with zero attached hydrogens (tertiary/aromatic N) is 1. The lowest BCUT2D eigenvalue weighted by molar-refractivity contribution is -0.147. The summed E-state index contributed by atoms with van der Waals surface area (Å²) < 4.78 is 15.5. The van der Waals surface area contributed by atoms with Crippen molar-refractivity contribution < 1.29 is 23.8 Å². The summed E-state index contributed by atoms with van der Waals surface area (Å²) in [7, 11) is 2.94. The monoisotopic (exact) mass is 285 g/mol. The molecule has 6 heteroatoms. The Labute approximate surface area is 119 Å². The van der Waals surface area contributed by atoms with E-state index in [1.165, 1.54) is 12.0 Å². The first-order valence-electron chi connectivity index (χ1n) is 6.84. The maximum absolute atomic E-state index is 12.4. The fourth-order valence-corrected chi connectivity index (χ4v) is 3.10. The van der Waals surface area contributed by atoms with Crippen molar-refractivity contribution in [2.45, 2.75) is 50.8 Å². The normalized spacial score (nSPS) is 31.8. The second-order valence-corrected chi connectivity index (χ2v) is 6.56. The van der Waals surface area contributed by atoms with Crippen LogP contribution in [0.15, 0.2) is 0 Å². The van der Waals surface area contributed by atoms with Crippen LogP contribution in [-0.4, -0.2) is 55.0 Å². The lowest BCUT2D eigenvalue weighted by atomic mass is 10.2. The predicted octanol–water partition coefficient (Wildman–Crippen LogP) is 1.57. The second kappa shape index (κ2) is 4.91. The fourth-order valence-electron chi connectivity index (χ4n) is 3.10. The first-order valence-corrected chi connectivity index (χ1v) is 6.84. The number of likely N-dealkylation sites (tertiary alicyclic amines) is 1. The van der Waals surface area contributed by atoms with Gasteiger partial charge in [-0.1, -0.05) is 0 Å². The summed E-state index contributed by atoms with van der Waals surface area (Å²) in [4.78, 5) is 25.9. The molecule has 0 aromatic carbocycles. The molecule has 1 saturated heterocycles. The molecular weight excluding hydrogens is 262 g/mol. The Morgan fingerprint density at radius 2 is 1.95 bits per heavy atom. The van der Waals surface area contributed by atoms with Crippen molar-refractivity contribution in [2.24, 2.45) is 5.92 Å². The minimum atomic E-state index is -0.598. The zero-order chi connectivity index (χ0) is 15.1. The van der Waals surface area contributed by atoms with Crippen LogP contribution < -0.4 is 0 Å². The molecule has 1 aliphatic carbocycles. The molecule has 20 heavy (non-hydrogen) atoms. The highest BCUT2D eigenvalue weighted by molar-refractivity contribution is 5.84. The number of fused-ring (bicyclic) bond motifs is 1. The number of carbonyl (C=O) groups is 2. The highest BCUT2D eigenvalue weighted by atomic mass is 16.6.